The van der Waals surface area contributed by atoms with Crippen molar-refractivity contribution in [2.24, 2.45) is 0 Å². The van der Waals surface area contributed by atoms with Crippen LogP contribution < -0.4 is 10.2 Å². The molecule has 0 amide bonds. The van der Waals surface area contributed by atoms with Crippen LogP contribution in [0.5, 0.6) is 0 Å². The van der Waals surface area contributed by atoms with Crippen LogP contribution >= 0.6 is 0 Å². The number of piperidine rings is 1. The molecule has 2 heterocycles. The zero-order chi connectivity index (χ0) is 10.5. The fourth-order valence-corrected chi connectivity index (χ4v) is 2.19. The topological polar surface area (TPSA) is 41.0 Å². The molecule has 1 aromatic heterocycles. The number of nitrogens with zero attached hydrogens (tertiary/aromatic N) is 3. The van der Waals surface area contributed by atoms with Gasteiger partial charge in [0, 0.05) is 31.5 Å². The lowest BCUT2D eigenvalue weighted by Gasteiger charge is -2.36. The molecule has 4 heteroatoms. The predicted octanol–water partition coefficient (Wildman–Crippen LogP) is 1.05. The third-order valence-electron chi connectivity index (χ3n) is 2.91. The number of nitrogens with one attached hydrogen (secondary N) is 1. The second kappa shape index (κ2) is 5.07. The van der Waals surface area contributed by atoms with Gasteiger partial charge in [0.05, 0.1) is 6.20 Å². The van der Waals surface area contributed by atoms with E-state index in [1.807, 2.05) is 13.2 Å². The van der Waals surface area contributed by atoms with E-state index >= 15 is 0 Å². The summed E-state index contributed by atoms with van der Waals surface area (Å²) in [5.74, 6) is 1.01. The molecule has 82 valence electrons. The minimum absolute atomic E-state index is 0.570. The van der Waals surface area contributed by atoms with Crippen LogP contribution in [0.3, 0.4) is 0 Å². The van der Waals surface area contributed by atoms with Gasteiger partial charge in [-0.15, -0.1) is 0 Å². The second-order valence-corrected chi connectivity index (χ2v) is 3.96. The largest absolute Gasteiger partial charge is 0.351 e. The molecule has 0 spiro atoms. The Balaban J connectivity index is 2.11. The fourth-order valence-electron chi connectivity index (χ4n) is 2.19. The first kappa shape index (κ1) is 10.4. The maximum Gasteiger partial charge on any atom is 0.147 e. The van der Waals surface area contributed by atoms with Gasteiger partial charge in [-0.1, -0.05) is 0 Å². The van der Waals surface area contributed by atoms with Gasteiger partial charge in [-0.2, -0.15) is 0 Å². The lowest BCUT2D eigenvalue weighted by molar-refractivity contribution is 0.443. The van der Waals surface area contributed by atoms with Crippen molar-refractivity contribution in [3.8, 4) is 0 Å². The Bertz CT molecular complexity index is 286. The summed E-state index contributed by atoms with van der Waals surface area (Å²) in [5, 5.41) is 3.25. The van der Waals surface area contributed by atoms with Crippen LogP contribution in [-0.4, -0.2) is 36.1 Å². The molecule has 0 aliphatic carbocycles. The standard InChI is InChI=1S/C11H18N4/c1-12-8-10-4-2-3-7-15(10)11-9-13-5-6-14-11/h5-6,9-10,12H,2-4,7-8H2,1H3. The van der Waals surface area contributed by atoms with Crippen LogP contribution in [0.2, 0.25) is 0 Å². The average Bonchev–Trinajstić information content (AvgIpc) is 2.31. The van der Waals surface area contributed by atoms with Gasteiger partial charge in [0.25, 0.3) is 0 Å². The van der Waals surface area contributed by atoms with Gasteiger partial charge >= 0.3 is 0 Å². The summed E-state index contributed by atoms with van der Waals surface area (Å²) < 4.78 is 0. The molecule has 2 rings (SSSR count). The highest BCUT2D eigenvalue weighted by molar-refractivity contribution is 5.37. The molecule has 4 nitrogen and oxygen atoms in total. The van der Waals surface area contributed by atoms with Crippen LogP contribution in [0, 0.1) is 0 Å². The molecular formula is C11H18N4. The third kappa shape index (κ3) is 2.45. The molecular weight excluding hydrogens is 188 g/mol. The zero-order valence-corrected chi connectivity index (χ0v) is 9.19. The van der Waals surface area contributed by atoms with Gasteiger partial charge in [-0.05, 0) is 26.3 Å². The van der Waals surface area contributed by atoms with Crippen molar-refractivity contribution in [3.63, 3.8) is 0 Å². The predicted molar refractivity (Wildman–Crippen MR) is 60.9 cm³/mol. The molecule has 15 heavy (non-hydrogen) atoms. The monoisotopic (exact) mass is 206 g/mol. The van der Waals surface area contributed by atoms with Crippen LogP contribution in [0.4, 0.5) is 5.82 Å². The van der Waals surface area contributed by atoms with Crippen molar-refractivity contribution < 1.29 is 0 Å². The van der Waals surface area contributed by atoms with E-state index < -0.39 is 0 Å². The summed E-state index contributed by atoms with van der Waals surface area (Å²) >= 11 is 0. The summed E-state index contributed by atoms with van der Waals surface area (Å²) in [4.78, 5) is 10.9. The molecule has 1 N–H and O–H groups in total. The Labute approximate surface area is 90.7 Å². The van der Waals surface area contributed by atoms with Gasteiger partial charge in [-0.25, -0.2) is 4.98 Å². The van der Waals surface area contributed by atoms with E-state index in [-0.39, 0.29) is 0 Å². The summed E-state index contributed by atoms with van der Waals surface area (Å²) in [7, 11) is 2.00. The smallest absolute Gasteiger partial charge is 0.147 e. The normalized spacial score (nSPS) is 21.7. The highest BCUT2D eigenvalue weighted by Crippen LogP contribution is 2.21. The van der Waals surface area contributed by atoms with Gasteiger partial charge < -0.3 is 10.2 Å². The Kier molecular flexibility index (Phi) is 3.50. The van der Waals surface area contributed by atoms with Gasteiger partial charge in [0.1, 0.15) is 5.82 Å². The Morgan fingerprint density at radius 2 is 2.40 bits per heavy atom. The van der Waals surface area contributed by atoms with Crippen LogP contribution in [0.25, 0.3) is 0 Å². The van der Waals surface area contributed by atoms with Crippen molar-refractivity contribution in [2.75, 3.05) is 25.0 Å². The molecule has 1 fully saturated rings. The van der Waals surface area contributed by atoms with Crippen LogP contribution in [0.1, 0.15) is 19.3 Å². The molecule has 0 radical (unpaired) electrons. The maximum atomic E-state index is 4.37. The summed E-state index contributed by atoms with van der Waals surface area (Å²) in [6.45, 7) is 2.13. The van der Waals surface area contributed by atoms with E-state index in [9.17, 15) is 0 Å². The van der Waals surface area contributed by atoms with E-state index in [4.69, 9.17) is 0 Å². The highest BCUT2D eigenvalue weighted by atomic mass is 15.2. The Morgan fingerprint density at radius 1 is 1.47 bits per heavy atom. The molecule has 1 aliphatic rings. The molecule has 1 unspecified atom stereocenters. The number of likely N-dealkylation sites (N-methyl/N-ethyl adjacent to an activating group) is 1. The van der Waals surface area contributed by atoms with Crippen LogP contribution in [-0.2, 0) is 0 Å². The lowest BCUT2D eigenvalue weighted by Crippen LogP contribution is -2.45. The Hall–Kier alpha value is -1.16. The van der Waals surface area contributed by atoms with Crippen molar-refractivity contribution in [1.82, 2.24) is 15.3 Å². The number of rotatable bonds is 3. The molecule has 0 bridgehead atoms. The number of hydrogen-bond acceptors (Lipinski definition) is 4. The number of hydrogen-bond donors (Lipinski definition) is 1. The summed E-state index contributed by atoms with van der Waals surface area (Å²) in [6.07, 6.45) is 9.17. The molecule has 0 aromatic carbocycles. The van der Waals surface area contributed by atoms with Crippen molar-refractivity contribution in [1.29, 1.82) is 0 Å². The number of anilines is 1. The van der Waals surface area contributed by atoms with Crippen LogP contribution in [0.15, 0.2) is 18.6 Å². The Morgan fingerprint density at radius 3 is 3.13 bits per heavy atom. The highest BCUT2D eigenvalue weighted by Gasteiger charge is 2.22. The first-order valence-corrected chi connectivity index (χ1v) is 5.59. The van der Waals surface area contributed by atoms with E-state index in [1.54, 1.807) is 12.4 Å². The first-order chi connectivity index (χ1) is 7.42. The van der Waals surface area contributed by atoms with Gasteiger partial charge in [-0.3, -0.25) is 4.98 Å². The van der Waals surface area contributed by atoms with E-state index in [2.05, 4.69) is 20.2 Å². The van der Waals surface area contributed by atoms with E-state index in [0.717, 1.165) is 18.9 Å². The quantitative estimate of drug-likeness (QED) is 0.802. The molecule has 1 aliphatic heterocycles. The van der Waals surface area contributed by atoms with Gasteiger partial charge in [0.15, 0.2) is 0 Å². The van der Waals surface area contributed by atoms with E-state index in [0.29, 0.717) is 6.04 Å². The second-order valence-electron chi connectivity index (χ2n) is 3.96. The zero-order valence-electron chi connectivity index (χ0n) is 9.19. The fraction of sp³-hybridized carbons (Fsp3) is 0.636. The average molecular weight is 206 g/mol. The molecule has 1 atom stereocenters. The van der Waals surface area contributed by atoms with Crippen molar-refractivity contribution in [2.45, 2.75) is 25.3 Å². The molecule has 1 aromatic rings. The SMILES string of the molecule is CNCC1CCCCN1c1cnccn1. The number of aromatic nitrogens is 2. The first-order valence-electron chi connectivity index (χ1n) is 5.59. The van der Waals surface area contributed by atoms with Gasteiger partial charge in [0.2, 0.25) is 0 Å². The molecule has 1 saturated heterocycles. The minimum Gasteiger partial charge on any atom is -0.351 e. The minimum atomic E-state index is 0.570. The van der Waals surface area contributed by atoms with Crippen molar-refractivity contribution >= 4 is 5.82 Å². The molecule has 0 saturated carbocycles. The maximum absolute atomic E-state index is 4.37. The summed E-state index contributed by atoms with van der Waals surface area (Å²) in [6, 6.07) is 0.570. The third-order valence-corrected chi connectivity index (χ3v) is 2.91. The summed E-state index contributed by atoms with van der Waals surface area (Å²) in [5.41, 5.74) is 0. The van der Waals surface area contributed by atoms with Crippen molar-refractivity contribution in [3.05, 3.63) is 18.6 Å². The van der Waals surface area contributed by atoms with E-state index in [1.165, 1.54) is 19.3 Å². The lowest BCUT2D eigenvalue weighted by atomic mass is 10.0.